The first-order valence-corrected chi connectivity index (χ1v) is 18.7. The predicted molar refractivity (Wildman–Crippen MR) is 181 cm³/mol. The van der Waals surface area contributed by atoms with Crippen molar-refractivity contribution in [3.05, 3.63) is 69.4 Å². The number of carbonyl (C=O) groups excluding carboxylic acids is 2. The molecule has 0 radical (unpaired) electrons. The van der Waals surface area contributed by atoms with E-state index in [1.807, 2.05) is 12.1 Å². The maximum atomic E-state index is 12.7. The molecular weight excluding hydrogens is 697 g/mol. The largest absolute Gasteiger partial charge is 0.481 e. The van der Waals surface area contributed by atoms with E-state index in [4.69, 9.17) is 42.3 Å². The Balaban J connectivity index is 1.00. The van der Waals surface area contributed by atoms with Crippen molar-refractivity contribution in [3.63, 3.8) is 0 Å². The summed E-state index contributed by atoms with van der Waals surface area (Å²) in [4.78, 5) is 37.3. The minimum absolute atomic E-state index is 0.0554. The average molecular weight is 735 g/mol. The van der Waals surface area contributed by atoms with Crippen LogP contribution in [-0.4, -0.2) is 67.1 Å². The lowest BCUT2D eigenvalue weighted by Gasteiger charge is -2.33. The standard InChI is InChI=1S/C34H37Cl2N3O9S/c1-19(47-30(42)12-11-29(40)41)13-14-49(44,45)38-34(43)21-7-9-23(10-8-21)39-17-22-15-24(39)16-28(22)46-18-25-32(37-48-33(25)20-5-6-20)31-26(35)3-2-4-27(31)36/h2-4,7-10,19-20,22,24,28H,5-6,11-18H2,1H3,(H,38,43)(H,40,41)/t19?,22-,24-,28+/m0/s1. The van der Waals surface area contributed by atoms with Crippen LogP contribution < -0.4 is 9.62 Å². The Hall–Kier alpha value is -3.65. The van der Waals surface area contributed by atoms with Gasteiger partial charge in [-0.05, 0) is 75.4 Å². The van der Waals surface area contributed by atoms with Gasteiger partial charge in [-0.2, -0.15) is 0 Å². The molecule has 15 heteroatoms. The second-order valence-electron chi connectivity index (χ2n) is 12.9. The van der Waals surface area contributed by atoms with Crippen molar-refractivity contribution in [2.75, 3.05) is 17.2 Å². The molecule has 2 bridgehead atoms. The summed E-state index contributed by atoms with van der Waals surface area (Å²) in [6, 6.07) is 12.4. The molecule has 1 aromatic heterocycles. The van der Waals surface area contributed by atoms with Crippen LogP contribution in [0.25, 0.3) is 11.3 Å². The summed E-state index contributed by atoms with van der Waals surface area (Å²) >= 11 is 13.0. The van der Waals surface area contributed by atoms with E-state index in [0.29, 0.717) is 39.7 Å². The number of sulfonamides is 1. The third-order valence-electron chi connectivity index (χ3n) is 9.26. The molecule has 262 valence electrons. The lowest BCUT2D eigenvalue weighted by Crippen LogP contribution is -2.38. The van der Waals surface area contributed by atoms with E-state index in [2.05, 4.69) is 14.8 Å². The average Bonchev–Trinajstić information content (AvgIpc) is 3.50. The number of rotatable bonds is 15. The van der Waals surface area contributed by atoms with Gasteiger partial charge in [-0.25, -0.2) is 13.1 Å². The molecule has 12 nitrogen and oxygen atoms in total. The van der Waals surface area contributed by atoms with E-state index in [9.17, 15) is 22.8 Å². The summed E-state index contributed by atoms with van der Waals surface area (Å²) in [6.45, 7) is 2.64. The van der Waals surface area contributed by atoms with Crippen LogP contribution in [0.2, 0.25) is 10.0 Å². The van der Waals surface area contributed by atoms with Gasteiger partial charge in [0.2, 0.25) is 10.0 Å². The Morgan fingerprint density at radius 2 is 1.80 bits per heavy atom. The van der Waals surface area contributed by atoms with Crippen LogP contribution in [0.4, 0.5) is 5.69 Å². The lowest BCUT2D eigenvalue weighted by molar-refractivity contribution is -0.151. The molecule has 1 saturated heterocycles. The van der Waals surface area contributed by atoms with Crippen molar-refractivity contribution in [3.8, 4) is 11.3 Å². The van der Waals surface area contributed by atoms with Crippen molar-refractivity contribution in [2.45, 2.75) is 82.6 Å². The molecule has 1 unspecified atom stereocenters. The number of nitrogens with one attached hydrogen (secondary N) is 1. The summed E-state index contributed by atoms with van der Waals surface area (Å²) in [5.74, 6) is -1.57. The maximum Gasteiger partial charge on any atom is 0.306 e. The van der Waals surface area contributed by atoms with E-state index >= 15 is 0 Å². The second-order valence-corrected chi connectivity index (χ2v) is 15.6. The summed E-state index contributed by atoms with van der Waals surface area (Å²) in [5.41, 5.74) is 3.32. The molecule has 3 fully saturated rings. The Morgan fingerprint density at radius 1 is 1.08 bits per heavy atom. The number of carboxylic acids is 1. The smallest absolute Gasteiger partial charge is 0.306 e. The molecule has 2 aromatic carbocycles. The lowest BCUT2D eigenvalue weighted by atomic mass is 10.0. The van der Waals surface area contributed by atoms with Gasteiger partial charge in [0, 0.05) is 46.8 Å². The van der Waals surface area contributed by atoms with E-state index in [1.54, 1.807) is 30.3 Å². The summed E-state index contributed by atoms with van der Waals surface area (Å²) in [6.07, 6.45) is 2.47. The number of esters is 1. The quantitative estimate of drug-likeness (QED) is 0.177. The third-order valence-corrected chi connectivity index (χ3v) is 11.2. The third kappa shape index (κ3) is 8.39. The van der Waals surface area contributed by atoms with Crippen LogP contribution >= 0.6 is 23.2 Å². The van der Waals surface area contributed by atoms with Crippen LogP contribution in [0.5, 0.6) is 0 Å². The number of nitrogens with zero attached hydrogens (tertiary/aromatic N) is 2. The molecule has 2 saturated carbocycles. The first-order chi connectivity index (χ1) is 23.4. The van der Waals surface area contributed by atoms with E-state index in [-0.39, 0.29) is 37.0 Å². The number of anilines is 1. The SMILES string of the molecule is CC(CCS(=O)(=O)NC(=O)c1ccc(N2C[C@@H]3C[C@H]2C[C@H]3OCc2c(-c3c(Cl)cccc3Cl)noc2C2CC2)cc1)OC(=O)CCC(=O)O. The minimum Gasteiger partial charge on any atom is -0.481 e. The van der Waals surface area contributed by atoms with Crippen molar-refractivity contribution in [1.82, 2.24) is 9.88 Å². The Labute approximate surface area is 294 Å². The molecule has 0 spiro atoms. The highest BCUT2D eigenvalue weighted by molar-refractivity contribution is 7.90. The van der Waals surface area contributed by atoms with Gasteiger partial charge in [-0.3, -0.25) is 14.4 Å². The number of amides is 1. The molecule has 2 aliphatic carbocycles. The van der Waals surface area contributed by atoms with Gasteiger partial charge in [-0.15, -0.1) is 0 Å². The Kier molecular flexibility index (Phi) is 10.5. The molecule has 3 aromatic rings. The molecule has 6 rings (SSSR count). The zero-order chi connectivity index (χ0) is 34.9. The van der Waals surface area contributed by atoms with Gasteiger partial charge >= 0.3 is 11.9 Å². The maximum absolute atomic E-state index is 12.7. The number of benzene rings is 2. The number of ether oxygens (including phenoxy) is 2. The van der Waals surface area contributed by atoms with Crippen molar-refractivity contribution in [2.24, 2.45) is 5.92 Å². The van der Waals surface area contributed by atoms with Crippen LogP contribution in [0.15, 0.2) is 47.0 Å². The van der Waals surface area contributed by atoms with E-state index < -0.39 is 39.7 Å². The highest BCUT2D eigenvalue weighted by Gasteiger charge is 2.46. The summed E-state index contributed by atoms with van der Waals surface area (Å²) in [5, 5.41) is 14.0. The number of aliphatic carboxylic acids is 1. The minimum atomic E-state index is -4.01. The predicted octanol–water partition coefficient (Wildman–Crippen LogP) is 5.96. The zero-order valence-corrected chi connectivity index (χ0v) is 29.1. The first kappa shape index (κ1) is 35.2. The normalized spacial score (nSPS) is 20.7. The Bertz CT molecular complexity index is 1810. The zero-order valence-electron chi connectivity index (χ0n) is 26.8. The summed E-state index contributed by atoms with van der Waals surface area (Å²) in [7, 11) is -4.01. The number of halogens is 2. The Morgan fingerprint density at radius 3 is 2.43 bits per heavy atom. The number of hydrogen-bond acceptors (Lipinski definition) is 10. The molecule has 49 heavy (non-hydrogen) atoms. The number of hydrogen-bond donors (Lipinski definition) is 2. The van der Waals surface area contributed by atoms with Crippen molar-refractivity contribution >= 4 is 56.8 Å². The number of fused-ring (bicyclic) bond motifs is 2. The second kappa shape index (κ2) is 14.7. The molecule has 2 N–H and O–H groups in total. The fraction of sp³-hybridized carbons (Fsp3) is 0.471. The summed E-state index contributed by atoms with van der Waals surface area (Å²) < 4.78 is 44.5. The van der Waals surface area contributed by atoms with Crippen LogP contribution in [0.1, 0.15) is 79.5 Å². The topological polar surface area (TPSA) is 165 Å². The molecule has 1 aliphatic heterocycles. The van der Waals surface area contributed by atoms with Gasteiger partial charge in [0.1, 0.15) is 17.6 Å². The number of aromatic nitrogens is 1. The van der Waals surface area contributed by atoms with E-state index in [1.165, 1.54) is 6.92 Å². The highest BCUT2D eigenvalue weighted by atomic mass is 35.5. The van der Waals surface area contributed by atoms with E-state index in [0.717, 1.165) is 49.2 Å². The van der Waals surface area contributed by atoms with Crippen molar-refractivity contribution in [1.29, 1.82) is 0 Å². The van der Waals surface area contributed by atoms with Gasteiger partial charge in [0.15, 0.2) is 0 Å². The molecular formula is C34H37Cl2N3O9S. The highest BCUT2D eigenvalue weighted by Crippen LogP contribution is 2.47. The monoisotopic (exact) mass is 733 g/mol. The molecule has 2 heterocycles. The number of carbonyl (C=O) groups is 3. The van der Waals surface area contributed by atoms with Gasteiger partial charge < -0.3 is 24.0 Å². The van der Waals surface area contributed by atoms with Crippen LogP contribution in [-0.2, 0) is 35.7 Å². The molecule has 4 atom stereocenters. The van der Waals surface area contributed by atoms with Crippen LogP contribution in [0.3, 0.4) is 0 Å². The number of carboxylic acid groups (broad SMARTS) is 1. The first-order valence-electron chi connectivity index (χ1n) is 16.3. The number of piperidine rings is 1. The fourth-order valence-corrected chi connectivity index (χ4v) is 8.31. The van der Waals surface area contributed by atoms with Gasteiger partial charge in [0.25, 0.3) is 5.91 Å². The van der Waals surface area contributed by atoms with Gasteiger partial charge in [0.05, 0.1) is 41.4 Å². The van der Waals surface area contributed by atoms with Gasteiger partial charge in [-0.1, -0.05) is 34.4 Å². The molecule has 3 aliphatic rings. The fourth-order valence-electron chi connectivity index (χ4n) is 6.59. The molecule has 1 amide bonds. The van der Waals surface area contributed by atoms with Crippen molar-refractivity contribution < 1.29 is 41.9 Å². The van der Waals surface area contributed by atoms with Crippen LogP contribution in [0, 0.1) is 5.92 Å².